The van der Waals surface area contributed by atoms with Gasteiger partial charge in [0.2, 0.25) is 0 Å². The van der Waals surface area contributed by atoms with Crippen molar-refractivity contribution in [2.45, 2.75) is 13.8 Å². The van der Waals surface area contributed by atoms with E-state index >= 15 is 0 Å². The molecule has 0 saturated heterocycles. The molecule has 108 valence electrons. The largest absolute Gasteiger partial charge is 0.488 e. The van der Waals surface area contributed by atoms with Gasteiger partial charge in [-0.15, -0.1) is 0 Å². The smallest absolute Gasteiger partial charge is 0.423 e. The maximum atomic E-state index is 12.0. The van der Waals surface area contributed by atoms with Gasteiger partial charge in [0.15, 0.2) is 0 Å². The minimum atomic E-state index is -1.56. The first-order valence-corrected chi connectivity index (χ1v) is 6.57. The molecule has 5 nitrogen and oxygen atoms in total. The molecule has 6 heteroatoms. The Morgan fingerprint density at radius 3 is 2.48 bits per heavy atom. The second-order valence-corrected chi connectivity index (χ2v) is 4.90. The van der Waals surface area contributed by atoms with Crippen LogP contribution in [-0.2, 0) is 0 Å². The van der Waals surface area contributed by atoms with E-state index in [1.807, 2.05) is 32.0 Å². The molecule has 4 N–H and O–H groups in total. The number of benzene rings is 2. The van der Waals surface area contributed by atoms with Gasteiger partial charge in [-0.2, -0.15) is 0 Å². The van der Waals surface area contributed by atoms with Gasteiger partial charge in [0.25, 0.3) is 0 Å². The Morgan fingerprint density at radius 1 is 1.05 bits per heavy atom. The zero-order valence-electron chi connectivity index (χ0n) is 11.9. The van der Waals surface area contributed by atoms with Gasteiger partial charge in [0.1, 0.15) is 0 Å². The minimum Gasteiger partial charge on any atom is -0.423 e. The van der Waals surface area contributed by atoms with E-state index in [1.165, 1.54) is 6.07 Å². The lowest BCUT2D eigenvalue weighted by atomic mass is 9.80. The Bertz CT molecular complexity index is 659. The van der Waals surface area contributed by atoms with Crippen LogP contribution in [0.25, 0.3) is 0 Å². The molecule has 0 atom stereocenters. The van der Waals surface area contributed by atoms with Crippen LogP contribution >= 0.6 is 0 Å². The van der Waals surface area contributed by atoms with Crippen molar-refractivity contribution in [2.24, 2.45) is 0 Å². The zero-order chi connectivity index (χ0) is 15.4. The number of rotatable bonds is 3. The summed E-state index contributed by atoms with van der Waals surface area (Å²) in [4.78, 5) is 12.0. The van der Waals surface area contributed by atoms with Crippen LogP contribution in [0.4, 0.5) is 16.2 Å². The first-order chi connectivity index (χ1) is 9.95. The summed E-state index contributed by atoms with van der Waals surface area (Å²) in [7, 11) is -1.56. The fourth-order valence-electron chi connectivity index (χ4n) is 2.02. The van der Waals surface area contributed by atoms with E-state index in [2.05, 4.69) is 10.6 Å². The summed E-state index contributed by atoms with van der Waals surface area (Å²) in [6.07, 6.45) is 0. The fourth-order valence-corrected chi connectivity index (χ4v) is 2.02. The molecule has 2 rings (SSSR count). The number of carbonyl (C=O) groups is 1. The van der Waals surface area contributed by atoms with Crippen LogP contribution < -0.4 is 16.1 Å². The first kappa shape index (κ1) is 15.1. The maximum absolute atomic E-state index is 12.0. The molecular weight excluding hydrogens is 267 g/mol. The summed E-state index contributed by atoms with van der Waals surface area (Å²) in [6, 6.07) is 11.8. The lowest BCUT2D eigenvalue weighted by Crippen LogP contribution is -2.30. The SMILES string of the molecule is Cc1ccc(NC(=O)Nc2cccc(B(O)O)c2)c(C)c1. The second-order valence-electron chi connectivity index (χ2n) is 4.90. The van der Waals surface area contributed by atoms with E-state index < -0.39 is 7.12 Å². The van der Waals surface area contributed by atoms with Crippen molar-refractivity contribution < 1.29 is 14.8 Å². The van der Waals surface area contributed by atoms with E-state index in [0.717, 1.165) is 16.8 Å². The maximum Gasteiger partial charge on any atom is 0.488 e. The minimum absolute atomic E-state index is 0.319. The molecule has 2 aromatic carbocycles. The van der Waals surface area contributed by atoms with Crippen molar-refractivity contribution in [3.05, 3.63) is 53.6 Å². The molecule has 0 fully saturated rings. The number of amides is 2. The molecule has 0 spiro atoms. The molecule has 0 heterocycles. The van der Waals surface area contributed by atoms with Crippen molar-refractivity contribution in [3.8, 4) is 0 Å². The number of aryl methyl sites for hydroxylation is 2. The summed E-state index contributed by atoms with van der Waals surface area (Å²) in [5.41, 5.74) is 3.64. The molecule has 0 bridgehead atoms. The van der Waals surface area contributed by atoms with Gasteiger partial charge in [-0.3, -0.25) is 0 Å². The van der Waals surface area contributed by atoms with Gasteiger partial charge in [0.05, 0.1) is 0 Å². The van der Waals surface area contributed by atoms with Gasteiger partial charge in [0, 0.05) is 11.4 Å². The highest BCUT2D eigenvalue weighted by atomic mass is 16.4. The topological polar surface area (TPSA) is 81.6 Å². The summed E-state index contributed by atoms with van der Waals surface area (Å²) in [5, 5.41) is 23.6. The summed E-state index contributed by atoms with van der Waals surface area (Å²) < 4.78 is 0. The van der Waals surface area contributed by atoms with Crippen LogP contribution in [-0.4, -0.2) is 23.2 Å². The average molecular weight is 284 g/mol. The zero-order valence-corrected chi connectivity index (χ0v) is 11.9. The highest BCUT2D eigenvalue weighted by molar-refractivity contribution is 6.58. The summed E-state index contributed by atoms with van der Waals surface area (Å²) in [6.45, 7) is 3.91. The van der Waals surface area contributed by atoms with Gasteiger partial charge >= 0.3 is 13.1 Å². The van der Waals surface area contributed by atoms with E-state index in [0.29, 0.717) is 11.2 Å². The third-order valence-electron chi connectivity index (χ3n) is 3.07. The molecule has 0 aliphatic carbocycles. The highest BCUT2D eigenvalue weighted by Crippen LogP contribution is 2.16. The fraction of sp³-hybridized carbons (Fsp3) is 0.133. The average Bonchev–Trinajstić information content (AvgIpc) is 2.42. The molecule has 2 aromatic rings. The molecule has 0 aliphatic heterocycles. The van der Waals surface area contributed by atoms with Gasteiger partial charge < -0.3 is 20.7 Å². The lowest BCUT2D eigenvalue weighted by Gasteiger charge is -2.11. The van der Waals surface area contributed by atoms with Crippen molar-refractivity contribution in [1.29, 1.82) is 0 Å². The van der Waals surface area contributed by atoms with Crippen molar-refractivity contribution >= 4 is 30.0 Å². The molecule has 0 aliphatic rings. The van der Waals surface area contributed by atoms with Crippen LogP contribution in [0.15, 0.2) is 42.5 Å². The molecule has 2 amide bonds. The molecule has 0 unspecified atom stereocenters. The third kappa shape index (κ3) is 4.08. The van der Waals surface area contributed by atoms with Gasteiger partial charge in [-0.25, -0.2) is 4.79 Å². The Balaban J connectivity index is 2.06. The molecular formula is C15H17BN2O3. The number of anilines is 2. The summed E-state index contributed by atoms with van der Waals surface area (Å²) in [5.74, 6) is 0. The number of urea groups is 1. The number of hydrogen-bond acceptors (Lipinski definition) is 3. The number of carbonyl (C=O) groups excluding carboxylic acids is 1. The monoisotopic (exact) mass is 284 g/mol. The normalized spacial score (nSPS) is 10.1. The second kappa shape index (κ2) is 6.43. The quantitative estimate of drug-likeness (QED) is 0.647. The van der Waals surface area contributed by atoms with Crippen LogP contribution in [0.1, 0.15) is 11.1 Å². The predicted molar refractivity (Wildman–Crippen MR) is 84.8 cm³/mol. The Kier molecular flexibility index (Phi) is 4.62. The van der Waals surface area contributed by atoms with Crippen molar-refractivity contribution in [3.63, 3.8) is 0 Å². The van der Waals surface area contributed by atoms with Crippen LogP contribution in [0, 0.1) is 13.8 Å². The summed E-state index contributed by atoms with van der Waals surface area (Å²) >= 11 is 0. The Morgan fingerprint density at radius 2 is 1.81 bits per heavy atom. The van der Waals surface area contributed by atoms with Crippen LogP contribution in [0.5, 0.6) is 0 Å². The molecule has 0 radical (unpaired) electrons. The number of hydrogen-bond donors (Lipinski definition) is 4. The number of nitrogens with one attached hydrogen (secondary N) is 2. The first-order valence-electron chi connectivity index (χ1n) is 6.57. The van der Waals surface area contributed by atoms with E-state index in [-0.39, 0.29) is 6.03 Å². The van der Waals surface area contributed by atoms with E-state index in [1.54, 1.807) is 18.2 Å². The van der Waals surface area contributed by atoms with E-state index in [9.17, 15) is 4.79 Å². The third-order valence-corrected chi connectivity index (χ3v) is 3.07. The Labute approximate surface area is 123 Å². The van der Waals surface area contributed by atoms with Gasteiger partial charge in [-0.05, 0) is 43.1 Å². The van der Waals surface area contributed by atoms with Crippen molar-refractivity contribution in [2.75, 3.05) is 10.6 Å². The lowest BCUT2D eigenvalue weighted by molar-refractivity contribution is 0.262. The standard InChI is InChI=1S/C15H17BN2O3/c1-10-6-7-14(11(2)8-10)18-15(19)17-13-5-3-4-12(9-13)16(20)21/h3-9,20-21H,1-2H3,(H2,17,18,19). The van der Waals surface area contributed by atoms with E-state index in [4.69, 9.17) is 10.0 Å². The predicted octanol–water partition coefficient (Wildman–Crippen LogP) is 1.63. The molecule has 21 heavy (non-hydrogen) atoms. The Hall–Kier alpha value is -2.31. The molecule has 0 aromatic heterocycles. The highest BCUT2D eigenvalue weighted by Gasteiger charge is 2.12. The van der Waals surface area contributed by atoms with Crippen LogP contribution in [0.3, 0.4) is 0 Å². The van der Waals surface area contributed by atoms with Crippen LogP contribution in [0.2, 0.25) is 0 Å². The van der Waals surface area contributed by atoms with Gasteiger partial charge in [-0.1, -0.05) is 29.8 Å². The van der Waals surface area contributed by atoms with Crippen molar-refractivity contribution in [1.82, 2.24) is 0 Å². The molecule has 0 saturated carbocycles.